The maximum absolute atomic E-state index is 12.0. The van der Waals surface area contributed by atoms with Crippen molar-refractivity contribution < 1.29 is 23.1 Å². The number of rotatable bonds is 2. The summed E-state index contributed by atoms with van der Waals surface area (Å²) in [6.07, 6.45) is -4.43. The van der Waals surface area contributed by atoms with Gasteiger partial charge < -0.3 is 5.11 Å². The quantitative estimate of drug-likeness (QED) is 0.774. The van der Waals surface area contributed by atoms with Crippen LogP contribution in [0.25, 0.3) is 0 Å². The standard InChI is InChI=1S/C8H9F3N2O2/c1-4-7(15)6(5(2)14)12-13(4)3-8(9,10)11/h15H,3H2,1-2H3. The van der Waals surface area contributed by atoms with Gasteiger partial charge in [-0.1, -0.05) is 0 Å². The van der Waals surface area contributed by atoms with E-state index in [0.29, 0.717) is 4.68 Å². The molecule has 0 radical (unpaired) electrons. The second-order valence-corrected chi connectivity index (χ2v) is 3.11. The Morgan fingerprint density at radius 1 is 1.53 bits per heavy atom. The van der Waals surface area contributed by atoms with E-state index in [9.17, 15) is 23.1 Å². The van der Waals surface area contributed by atoms with Gasteiger partial charge in [-0.05, 0) is 6.92 Å². The summed E-state index contributed by atoms with van der Waals surface area (Å²) in [5, 5.41) is 12.7. The van der Waals surface area contributed by atoms with Crippen molar-refractivity contribution in [2.24, 2.45) is 0 Å². The van der Waals surface area contributed by atoms with E-state index in [0.717, 1.165) is 6.92 Å². The summed E-state index contributed by atoms with van der Waals surface area (Å²) in [5.41, 5.74) is -0.408. The maximum atomic E-state index is 12.0. The van der Waals surface area contributed by atoms with E-state index >= 15 is 0 Å². The molecule has 0 aromatic carbocycles. The van der Waals surface area contributed by atoms with Crippen LogP contribution in [0.5, 0.6) is 5.75 Å². The molecule has 4 nitrogen and oxygen atoms in total. The lowest BCUT2D eigenvalue weighted by molar-refractivity contribution is -0.143. The van der Waals surface area contributed by atoms with Crippen LogP contribution >= 0.6 is 0 Å². The monoisotopic (exact) mass is 222 g/mol. The molecule has 0 fully saturated rings. The van der Waals surface area contributed by atoms with Crippen molar-refractivity contribution in [2.45, 2.75) is 26.6 Å². The smallest absolute Gasteiger partial charge is 0.408 e. The highest BCUT2D eigenvalue weighted by atomic mass is 19.4. The van der Waals surface area contributed by atoms with Gasteiger partial charge in [-0.25, -0.2) is 0 Å². The van der Waals surface area contributed by atoms with Gasteiger partial charge in [0.2, 0.25) is 0 Å². The van der Waals surface area contributed by atoms with E-state index in [1.54, 1.807) is 0 Å². The molecule has 0 bridgehead atoms. The average molecular weight is 222 g/mol. The predicted octanol–water partition coefficient (Wildman–Crippen LogP) is 1.66. The summed E-state index contributed by atoms with van der Waals surface area (Å²) in [7, 11) is 0. The van der Waals surface area contributed by atoms with E-state index in [1.165, 1.54) is 6.92 Å². The van der Waals surface area contributed by atoms with E-state index in [4.69, 9.17) is 0 Å². The van der Waals surface area contributed by atoms with E-state index in [-0.39, 0.29) is 11.4 Å². The molecular weight excluding hydrogens is 213 g/mol. The van der Waals surface area contributed by atoms with Crippen LogP contribution in [-0.2, 0) is 6.54 Å². The molecule has 0 spiro atoms. The van der Waals surface area contributed by atoms with E-state index in [2.05, 4.69) is 5.10 Å². The summed E-state index contributed by atoms with van der Waals surface area (Å²) in [4.78, 5) is 10.9. The normalized spacial score (nSPS) is 11.8. The number of aromatic nitrogens is 2. The molecular formula is C8H9F3N2O2. The van der Waals surface area contributed by atoms with Crippen LogP contribution < -0.4 is 0 Å². The van der Waals surface area contributed by atoms with Gasteiger partial charge in [-0.3, -0.25) is 9.48 Å². The van der Waals surface area contributed by atoms with Crippen LogP contribution in [0, 0.1) is 6.92 Å². The summed E-state index contributed by atoms with van der Waals surface area (Å²) in [6.45, 7) is 1.07. The third kappa shape index (κ3) is 2.48. The average Bonchev–Trinajstić information content (AvgIpc) is 2.30. The van der Waals surface area contributed by atoms with Crippen molar-refractivity contribution in [3.8, 4) is 5.75 Å². The zero-order valence-electron chi connectivity index (χ0n) is 8.09. The van der Waals surface area contributed by atoms with Gasteiger partial charge in [0, 0.05) is 6.92 Å². The van der Waals surface area contributed by atoms with Crippen molar-refractivity contribution in [3.05, 3.63) is 11.4 Å². The second-order valence-electron chi connectivity index (χ2n) is 3.11. The molecule has 0 unspecified atom stereocenters. The number of aromatic hydroxyl groups is 1. The molecule has 1 aromatic heterocycles. The third-order valence-electron chi connectivity index (χ3n) is 1.84. The molecule has 84 valence electrons. The zero-order chi connectivity index (χ0) is 11.8. The zero-order valence-corrected chi connectivity index (χ0v) is 8.09. The van der Waals surface area contributed by atoms with Crippen molar-refractivity contribution in [1.82, 2.24) is 9.78 Å². The second kappa shape index (κ2) is 3.56. The fourth-order valence-electron chi connectivity index (χ4n) is 1.10. The fourth-order valence-corrected chi connectivity index (χ4v) is 1.10. The lowest BCUT2D eigenvalue weighted by Gasteiger charge is -2.07. The summed E-state index contributed by atoms with van der Waals surface area (Å²) in [6, 6.07) is 0. The fraction of sp³-hybridized carbons (Fsp3) is 0.500. The molecule has 1 heterocycles. The van der Waals surface area contributed by atoms with Crippen LogP contribution in [-0.4, -0.2) is 26.8 Å². The van der Waals surface area contributed by atoms with Crippen molar-refractivity contribution in [3.63, 3.8) is 0 Å². The van der Waals surface area contributed by atoms with Crippen LogP contribution in [0.3, 0.4) is 0 Å². The Labute approximate surface area is 83.3 Å². The Morgan fingerprint density at radius 2 is 2.07 bits per heavy atom. The van der Waals surface area contributed by atoms with Crippen LogP contribution in [0.4, 0.5) is 13.2 Å². The number of carbonyl (C=O) groups excluding carboxylic acids is 1. The lowest BCUT2D eigenvalue weighted by Crippen LogP contribution is -2.19. The van der Waals surface area contributed by atoms with Crippen LogP contribution in [0.2, 0.25) is 0 Å². The minimum absolute atomic E-state index is 0.0717. The Bertz CT molecular complexity index is 395. The molecule has 0 amide bonds. The molecule has 0 atom stereocenters. The first-order valence-corrected chi connectivity index (χ1v) is 4.06. The van der Waals surface area contributed by atoms with Crippen molar-refractivity contribution in [1.29, 1.82) is 0 Å². The molecule has 1 N–H and O–H groups in total. The molecule has 0 aliphatic carbocycles. The van der Waals surface area contributed by atoms with E-state index in [1.807, 2.05) is 0 Å². The van der Waals surface area contributed by atoms with Gasteiger partial charge in [0.15, 0.2) is 17.2 Å². The first-order chi connectivity index (χ1) is 6.72. The minimum atomic E-state index is -4.43. The van der Waals surface area contributed by atoms with Gasteiger partial charge >= 0.3 is 6.18 Å². The van der Waals surface area contributed by atoms with Crippen LogP contribution in [0.1, 0.15) is 23.1 Å². The molecule has 15 heavy (non-hydrogen) atoms. The largest absolute Gasteiger partial charge is 0.504 e. The Hall–Kier alpha value is -1.53. The number of halogens is 3. The molecule has 0 aliphatic heterocycles. The number of nitrogens with zero attached hydrogens (tertiary/aromatic N) is 2. The molecule has 0 saturated heterocycles. The molecule has 0 saturated carbocycles. The number of carbonyl (C=O) groups is 1. The number of hydrogen-bond donors (Lipinski definition) is 1. The number of alkyl halides is 3. The first kappa shape index (κ1) is 11.5. The minimum Gasteiger partial charge on any atom is -0.504 e. The van der Waals surface area contributed by atoms with Gasteiger partial charge in [0.1, 0.15) is 6.54 Å². The highest BCUT2D eigenvalue weighted by molar-refractivity contribution is 5.94. The topological polar surface area (TPSA) is 55.1 Å². The van der Waals surface area contributed by atoms with Gasteiger partial charge in [0.25, 0.3) is 0 Å². The first-order valence-electron chi connectivity index (χ1n) is 4.06. The molecule has 1 rings (SSSR count). The predicted molar refractivity (Wildman–Crippen MR) is 44.7 cm³/mol. The molecule has 0 aliphatic rings. The SMILES string of the molecule is CC(=O)c1nn(CC(F)(F)F)c(C)c1O. The summed E-state index contributed by atoms with van der Waals surface area (Å²) < 4.78 is 36.7. The van der Waals surface area contributed by atoms with Gasteiger partial charge in [-0.2, -0.15) is 18.3 Å². The number of Topliss-reactive ketones (excluding diaryl/α,β-unsaturated/α-hetero) is 1. The summed E-state index contributed by atoms with van der Waals surface area (Å²) in [5.74, 6) is -1.07. The van der Waals surface area contributed by atoms with Crippen molar-refractivity contribution >= 4 is 5.78 Å². The lowest BCUT2D eigenvalue weighted by atomic mass is 10.2. The maximum Gasteiger partial charge on any atom is 0.408 e. The Morgan fingerprint density at radius 3 is 2.40 bits per heavy atom. The summed E-state index contributed by atoms with van der Waals surface area (Å²) >= 11 is 0. The molecule has 1 aromatic rings. The van der Waals surface area contributed by atoms with Gasteiger partial charge in [0.05, 0.1) is 5.69 Å². The third-order valence-corrected chi connectivity index (χ3v) is 1.84. The number of hydrogen-bond acceptors (Lipinski definition) is 3. The van der Waals surface area contributed by atoms with Gasteiger partial charge in [-0.15, -0.1) is 0 Å². The van der Waals surface area contributed by atoms with E-state index < -0.39 is 24.3 Å². The van der Waals surface area contributed by atoms with Crippen molar-refractivity contribution in [2.75, 3.05) is 0 Å². The van der Waals surface area contributed by atoms with Crippen LogP contribution in [0.15, 0.2) is 0 Å². The highest BCUT2D eigenvalue weighted by Gasteiger charge is 2.31. The Balaban J connectivity index is 3.11. The highest BCUT2D eigenvalue weighted by Crippen LogP contribution is 2.25. The molecule has 7 heteroatoms. The number of ketones is 1. The Kier molecular flexibility index (Phi) is 2.74.